The van der Waals surface area contributed by atoms with Crippen molar-refractivity contribution in [1.82, 2.24) is 0 Å². The van der Waals surface area contributed by atoms with Gasteiger partial charge in [-0.2, -0.15) is 0 Å². The van der Waals surface area contributed by atoms with Crippen LogP contribution in [0.3, 0.4) is 0 Å². The highest BCUT2D eigenvalue weighted by Gasteiger charge is 2.16. The summed E-state index contributed by atoms with van der Waals surface area (Å²) in [6.07, 6.45) is 4.98. The van der Waals surface area contributed by atoms with E-state index in [-0.39, 0.29) is 5.44 Å². The van der Waals surface area contributed by atoms with Gasteiger partial charge < -0.3 is 4.74 Å². The van der Waals surface area contributed by atoms with Gasteiger partial charge in [-0.05, 0) is 19.3 Å². The average molecular weight is 148 g/mol. The molecule has 0 amide bonds. The van der Waals surface area contributed by atoms with Crippen LogP contribution < -0.4 is 0 Å². The van der Waals surface area contributed by atoms with Crippen LogP contribution in [0.5, 0.6) is 0 Å². The Morgan fingerprint density at radius 2 is 2.33 bits per heavy atom. The van der Waals surface area contributed by atoms with Gasteiger partial charge >= 0.3 is 0 Å². The summed E-state index contributed by atoms with van der Waals surface area (Å²) >= 11 is 0. The second kappa shape index (κ2) is 3.32. The summed E-state index contributed by atoms with van der Waals surface area (Å²) in [5, 5.41) is 0. The molecule has 0 aromatic carbocycles. The van der Waals surface area contributed by atoms with E-state index in [1.165, 1.54) is 6.42 Å². The highest BCUT2D eigenvalue weighted by Crippen LogP contribution is 2.14. The first kappa shape index (κ1) is 7.22. The predicted molar refractivity (Wildman–Crippen MR) is 37.7 cm³/mol. The summed E-state index contributed by atoms with van der Waals surface area (Å²) in [6, 6.07) is 0. The zero-order chi connectivity index (χ0) is 6.69. The summed E-state index contributed by atoms with van der Waals surface area (Å²) in [7, 11) is -0.774. The first-order valence-corrected chi connectivity index (χ1v) is 4.86. The first-order valence-electron chi connectivity index (χ1n) is 3.24. The molecule has 54 valence electrons. The van der Waals surface area contributed by atoms with Crippen LogP contribution in [0.4, 0.5) is 0 Å². The SMILES string of the molecule is CS(=O)C1CCCCO1. The van der Waals surface area contributed by atoms with E-state index < -0.39 is 10.8 Å². The molecule has 0 radical (unpaired) electrons. The Kier molecular flexibility index (Phi) is 2.66. The molecule has 2 atom stereocenters. The van der Waals surface area contributed by atoms with Gasteiger partial charge in [0.25, 0.3) is 0 Å². The Hall–Kier alpha value is 0.110. The smallest absolute Gasteiger partial charge is 0.132 e. The topological polar surface area (TPSA) is 26.3 Å². The third kappa shape index (κ3) is 2.06. The molecule has 1 aliphatic rings. The molecule has 0 aromatic rings. The zero-order valence-electron chi connectivity index (χ0n) is 5.63. The van der Waals surface area contributed by atoms with Crippen LogP contribution in [0.2, 0.25) is 0 Å². The maximum absolute atomic E-state index is 10.8. The minimum Gasteiger partial charge on any atom is -0.365 e. The molecule has 3 heteroatoms. The Labute approximate surface area is 58.0 Å². The number of hydrogen-bond donors (Lipinski definition) is 0. The lowest BCUT2D eigenvalue weighted by atomic mass is 10.2. The van der Waals surface area contributed by atoms with Gasteiger partial charge in [-0.3, -0.25) is 4.21 Å². The molecule has 9 heavy (non-hydrogen) atoms. The monoisotopic (exact) mass is 148 g/mol. The van der Waals surface area contributed by atoms with Crippen molar-refractivity contribution in [1.29, 1.82) is 0 Å². The molecule has 0 aliphatic carbocycles. The Morgan fingerprint density at radius 3 is 2.67 bits per heavy atom. The molecule has 1 rings (SSSR count). The van der Waals surface area contributed by atoms with E-state index in [1.54, 1.807) is 6.26 Å². The molecule has 1 saturated heterocycles. The third-order valence-corrected chi connectivity index (χ3v) is 2.62. The standard InChI is InChI=1S/C6H12O2S/c1-9(7)6-4-2-3-5-8-6/h6H,2-5H2,1H3. The van der Waals surface area contributed by atoms with Crippen molar-refractivity contribution in [2.24, 2.45) is 0 Å². The average Bonchev–Trinajstić information content (AvgIpc) is 1.90. The van der Waals surface area contributed by atoms with Crippen LogP contribution >= 0.6 is 0 Å². The second-order valence-electron chi connectivity index (χ2n) is 2.29. The quantitative estimate of drug-likeness (QED) is 0.552. The van der Waals surface area contributed by atoms with E-state index in [1.807, 2.05) is 0 Å². The fourth-order valence-corrected chi connectivity index (χ4v) is 1.76. The molecule has 1 fully saturated rings. The molecule has 0 aromatic heterocycles. The van der Waals surface area contributed by atoms with Crippen LogP contribution in [0.15, 0.2) is 0 Å². The van der Waals surface area contributed by atoms with Crippen molar-refractivity contribution < 1.29 is 8.95 Å². The molecule has 2 nitrogen and oxygen atoms in total. The molecule has 1 heterocycles. The first-order chi connectivity index (χ1) is 4.30. The molecule has 0 N–H and O–H groups in total. The minimum absolute atomic E-state index is 0.0266. The van der Waals surface area contributed by atoms with Gasteiger partial charge in [-0.25, -0.2) is 0 Å². The maximum Gasteiger partial charge on any atom is 0.132 e. The summed E-state index contributed by atoms with van der Waals surface area (Å²) in [4.78, 5) is 0. The molecule has 0 bridgehead atoms. The van der Waals surface area contributed by atoms with Crippen molar-refractivity contribution in [2.45, 2.75) is 24.7 Å². The van der Waals surface area contributed by atoms with Crippen LogP contribution in [0, 0.1) is 0 Å². The van der Waals surface area contributed by atoms with E-state index in [9.17, 15) is 4.21 Å². The summed E-state index contributed by atoms with van der Waals surface area (Å²) in [5.41, 5.74) is 0.0266. The van der Waals surface area contributed by atoms with Crippen molar-refractivity contribution in [2.75, 3.05) is 12.9 Å². The van der Waals surface area contributed by atoms with E-state index in [0.29, 0.717) is 0 Å². The lowest BCUT2D eigenvalue weighted by Gasteiger charge is -2.19. The number of rotatable bonds is 1. The number of hydrogen-bond acceptors (Lipinski definition) is 2. The van der Waals surface area contributed by atoms with Crippen LogP contribution in [0.1, 0.15) is 19.3 Å². The van der Waals surface area contributed by atoms with Gasteiger partial charge in [0, 0.05) is 23.7 Å². The molecule has 0 saturated carbocycles. The summed E-state index contributed by atoms with van der Waals surface area (Å²) < 4.78 is 16.0. The lowest BCUT2D eigenvalue weighted by Crippen LogP contribution is -2.22. The second-order valence-corrected chi connectivity index (χ2v) is 3.82. The zero-order valence-corrected chi connectivity index (χ0v) is 6.45. The molecule has 2 unspecified atom stereocenters. The molecule has 0 spiro atoms. The van der Waals surface area contributed by atoms with E-state index >= 15 is 0 Å². The fraction of sp³-hybridized carbons (Fsp3) is 1.00. The summed E-state index contributed by atoms with van der Waals surface area (Å²) in [6.45, 7) is 0.796. The van der Waals surface area contributed by atoms with E-state index in [0.717, 1.165) is 19.4 Å². The normalized spacial score (nSPS) is 31.9. The Balaban J connectivity index is 2.31. The highest BCUT2D eigenvalue weighted by molar-refractivity contribution is 7.84. The van der Waals surface area contributed by atoms with Gasteiger partial charge in [0.15, 0.2) is 0 Å². The van der Waals surface area contributed by atoms with E-state index in [2.05, 4.69) is 0 Å². The molecule has 1 aliphatic heterocycles. The minimum atomic E-state index is -0.774. The molecular formula is C6H12O2S. The highest BCUT2D eigenvalue weighted by atomic mass is 32.2. The van der Waals surface area contributed by atoms with Crippen molar-refractivity contribution in [3.8, 4) is 0 Å². The van der Waals surface area contributed by atoms with Gasteiger partial charge in [0.1, 0.15) is 5.44 Å². The number of ether oxygens (including phenoxy) is 1. The fourth-order valence-electron chi connectivity index (χ4n) is 0.973. The Morgan fingerprint density at radius 1 is 1.56 bits per heavy atom. The van der Waals surface area contributed by atoms with Crippen LogP contribution in [-0.2, 0) is 15.5 Å². The van der Waals surface area contributed by atoms with Gasteiger partial charge in [0.2, 0.25) is 0 Å². The maximum atomic E-state index is 10.8. The van der Waals surface area contributed by atoms with Crippen LogP contribution in [-0.4, -0.2) is 22.5 Å². The largest absolute Gasteiger partial charge is 0.365 e. The van der Waals surface area contributed by atoms with Crippen LogP contribution in [0.25, 0.3) is 0 Å². The summed E-state index contributed by atoms with van der Waals surface area (Å²) in [5.74, 6) is 0. The van der Waals surface area contributed by atoms with Crippen molar-refractivity contribution >= 4 is 10.8 Å². The third-order valence-electron chi connectivity index (χ3n) is 1.51. The Bertz CT molecular complexity index is 108. The van der Waals surface area contributed by atoms with Crippen molar-refractivity contribution in [3.63, 3.8) is 0 Å². The molecular weight excluding hydrogens is 136 g/mol. The van der Waals surface area contributed by atoms with Gasteiger partial charge in [-0.1, -0.05) is 0 Å². The lowest BCUT2D eigenvalue weighted by molar-refractivity contribution is 0.0698. The van der Waals surface area contributed by atoms with Gasteiger partial charge in [-0.15, -0.1) is 0 Å². The van der Waals surface area contributed by atoms with Crippen molar-refractivity contribution in [3.05, 3.63) is 0 Å². The van der Waals surface area contributed by atoms with Gasteiger partial charge in [0.05, 0.1) is 0 Å². The predicted octanol–water partition coefficient (Wildman–Crippen LogP) is 0.892. The van der Waals surface area contributed by atoms with E-state index in [4.69, 9.17) is 4.74 Å².